The minimum absolute atomic E-state index is 0.337. The highest BCUT2D eigenvalue weighted by Gasteiger charge is 2.22. The van der Waals surface area contributed by atoms with E-state index in [0.717, 1.165) is 32.5 Å². The summed E-state index contributed by atoms with van der Waals surface area (Å²) < 4.78 is 5.70. The third-order valence-corrected chi connectivity index (χ3v) is 3.72. The van der Waals surface area contributed by atoms with E-state index in [1.165, 1.54) is 5.56 Å². The number of aromatic hydroxyl groups is 1. The van der Waals surface area contributed by atoms with Crippen molar-refractivity contribution in [2.24, 2.45) is 0 Å². The summed E-state index contributed by atoms with van der Waals surface area (Å²) in [6.07, 6.45) is 2.50. The van der Waals surface area contributed by atoms with Crippen LogP contribution in [0.4, 0.5) is 0 Å². The van der Waals surface area contributed by atoms with Crippen molar-refractivity contribution < 1.29 is 9.84 Å². The first kappa shape index (κ1) is 13.4. The summed E-state index contributed by atoms with van der Waals surface area (Å²) in [5.41, 5.74) is 1.28. The maximum atomic E-state index is 9.28. The fourth-order valence-electron chi connectivity index (χ4n) is 2.49. The van der Waals surface area contributed by atoms with Crippen molar-refractivity contribution in [2.75, 3.05) is 19.7 Å². The summed E-state index contributed by atoms with van der Waals surface area (Å²) >= 11 is 0. The molecule has 0 aromatic heterocycles. The van der Waals surface area contributed by atoms with E-state index in [-0.39, 0.29) is 0 Å². The Morgan fingerprint density at radius 2 is 2.11 bits per heavy atom. The fraction of sp³-hybridized carbons (Fsp3) is 0.600. The van der Waals surface area contributed by atoms with Crippen LogP contribution in [-0.4, -0.2) is 41.8 Å². The lowest BCUT2D eigenvalue weighted by Crippen LogP contribution is -2.47. The van der Waals surface area contributed by atoms with Crippen LogP contribution in [0.3, 0.4) is 0 Å². The average Bonchev–Trinajstić information content (AvgIpc) is 2.41. The molecular weight excluding hydrogens is 226 g/mol. The molecule has 3 nitrogen and oxygen atoms in total. The maximum absolute atomic E-state index is 9.28. The van der Waals surface area contributed by atoms with Gasteiger partial charge in [-0.2, -0.15) is 0 Å². The third kappa shape index (κ3) is 3.47. The van der Waals surface area contributed by atoms with Gasteiger partial charge >= 0.3 is 0 Å². The Hall–Kier alpha value is -1.06. The molecule has 18 heavy (non-hydrogen) atoms. The molecule has 1 heterocycles. The SMILES string of the molecule is CCC1CN(C(C)Cc2ccc(O)cc2)CCO1. The molecule has 1 aliphatic heterocycles. The van der Waals surface area contributed by atoms with Crippen molar-refractivity contribution in [3.63, 3.8) is 0 Å². The minimum atomic E-state index is 0.337. The van der Waals surface area contributed by atoms with Crippen molar-refractivity contribution in [3.8, 4) is 5.75 Å². The first-order valence-electron chi connectivity index (χ1n) is 6.82. The van der Waals surface area contributed by atoms with Crippen LogP contribution in [0.15, 0.2) is 24.3 Å². The number of hydrogen-bond acceptors (Lipinski definition) is 3. The summed E-state index contributed by atoms with van der Waals surface area (Å²) in [6, 6.07) is 8.05. The van der Waals surface area contributed by atoms with E-state index in [1.54, 1.807) is 12.1 Å². The Labute approximate surface area is 109 Å². The van der Waals surface area contributed by atoms with Crippen LogP contribution in [0.5, 0.6) is 5.75 Å². The van der Waals surface area contributed by atoms with E-state index in [4.69, 9.17) is 4.74 Å². The van der Waals surface area contributed by atoms with Gasteiger partial charge in [-0.25, -0.2) is 0 Å². The third-order valence-electron chi connectivity index (χ3n) is 3.72. The zero-order valence-corrected chi connectivity index (χ0v) is 11.3. The largest absolute Gasteiger partial charge is 0.508 e. The van der Waals surface area contributed by atoms with Gasteiger partial charge in [-0.1, -0.05) is 19.1 Å². The van der Waals surface area contributed by atoms with E-state index < -0.39 is 0 Å². The number of phenolic OH excluding ortho intramolecular Hbond substituents is 1. The molecule has 2 unspecified atom stereocenters. The lowest BCUT2D eigenvalue weighted by atomic mass is 10.0. The second-order valence-electron chi connectivity index (χ2n) is 5.12. The molecule has 1 fully saturated rings. The van der Waals surface area contributed by atoms with Crippen LogP contribution in [0, 0.1) is 0 Å². The highest BCUT2D eigenvalue weighted by Crippen LogP contribution is 2.16. The Morgan fingerprint density at radius 1 is 1.39 bits per heavy atom. The molecule has 0 aliphatic carbocycles. The lowest BCUT2D eigenvalue weighted by molar-refractivity contribution is -0.0418. The molecule has 0 radical (unpaired) electrons. The Balaban J connectivity index is 1.90. The topological polar surface area (TPSA) is 32.7 Å². The molecule has 0 spiro atoms. The van der Waals surface area contributed by atoms with Gasteiger partial charge in [0.2, 0.25) is 0 Å². The highest BCUT2D eigenvalue weighted by atomic mass is 16.5. The Morgan fingerprint density at radius 3 is 2.78 bits per heavy atom. The minimum Gasteiger partial charge on any atom is -0.508 e. The Bertz CT molecular complexity index is 363. The zero-order chi connectivity index (χ0) is 13.0. The second kappa shape index (κ2) is 6.21. The summed E-state index contributed by atoms with van der Waals surface area (Å²) in [7, 11) is 0. The number of hydrogen-bond donors (Lipinski definition) is 1. The molecule has 0 amide bonds. The van der Waals surface area contributed by atoms with Crippen LogP contribution in [0.25, 0.3) is 0 Å². The van der Waals surface area contributed by atoms with Gasteiger partial charge in [-0.05, 0) is 37.5 Å². The van der Waals surface area contributed by atoms with E-state index in [0.29, 0.717) is 17.9 Å². The van der Waals surface area contributed by atoms with Gasteiger partial charge in [0, 0.05) is 19.1 Å². The molecule has 3 heteroatoms. The molecule has 2 atom stereocenters. The van der Waals surface area contributed by atoms with Crippen molar-refractivity contribution in [1.29, 1.82) is 0 Å². The normalized spacial score (nSPS) is 22.9. The second-order valence-corrected chi connectivity index (χ2v) is 5.12. The molecule has 1 saturated heterocycles. The van der Waals surface area contributed by atoms with E-state index in [2.05, 4.69) is 18.7 Å². The van der Waals surface area contributed by atoms with Crippen LogP contribution >= 0.6 is 0 Å². The molecule has 1 aromatic carbocycles. The monoisotopic (exact) mass is 249 g/mol. The number of nitrogens with zero attached hydrogens (tertiary/aromatic N) is 1. The predicted molar refractivity (Wildman–Crippen MR) is 72.9 cm³/mol. The Kier molecular flexibility index (Phi) is 4.61. The van der Waals surface area contributed by atoms with Crippen LogP contribution in [0.1, 0.15) is 25.8 Å². The zero-order valence-electron chi connectivity index (χ0n) is 11.3. The van der Waals surface area contributed by atoms with E-state index in [1.807, 2.05) is 12.1 Å². The first-order valence-corrected chi connectivity index (χ1v) is 6.82. The molecule has 100 valence electrons. The average molecular weight is 249 g/mol. The molecule has 1 aliphatic rings. The van der Waals surface area contributed by atoms with Crippen LogP contribution in [0.2, 0.25) is 0 Å². The van der Waals surface area contributed by atoms with Crippen LogP contribution in [-0.2, 0) is 11.2 Å². The van der Waals surface area contributed by atoms with Crippen molar-refractivity contribution >= 4 is 0 Å². The predicted octanol–water partition coefficient (Wildman–Crippen LogP) is 2.43. The lowest BCUT2D eigenvalue weighted by Gasteiger charge is -2.36. The van der Waals surface area contributed by atoms with Gasteiger partial charge in [0.25, 0.3) is 0 Å². The number of ether oxygens (including phenoxy) is 1. The number of morpholine rings is 1. The molecule has 0 bridgehead atoms. The van der Waals surface area contributed by atoms with E-state index in [9.17, 15) is 5.11 Å². The van der Waals surface area contributed by atoms with Gasteiger partial charge in [0.15, 0.2) is 0 Å². The first-order chi connectivity index (χ1) is 8.69. The van der Waals surface area contributed by atoms with Crippen molar-refractivity contribution in [2.45, 2.75) is 38.8 Å². The van der Waals surface area contributed by atoms with Gasteiger partial charge in [0.1, 0.15) is 5.75 Å². The van der Waals surface area contributed by atoms with Gasteiger partial charge in [0.05, 0.1) is 12.7 Å². The summed E-state index contributed by atoms with van der Waals surface area (Å²) in [4.78, 5) is 2.50. The van der Waals surface area contributed by atoms with Crippen molar-refractivity contribution in [1.82, 2.24) is 4.90 Å². The van der Waals surface area contributed by atoms with Crippen LogP contribution < -0.4 is 0 Å². The summed E-state index contributed by atoms with van der Waals surface area (Å²) in [5.74, 6) is 0.337. The molecule has 0 saturated carbocycles. The number of phenols is 1. The highest BCUT2D eigenvalue weighted by molar-refractivity contribution is 5.26. The molecule has 1 N–H and O–H groups in total. The van der Waals surface area contributed by atoms with Gasteiger partial charge < -0.3 is 9.84 Å². The fourth-order valence-corrected chi connectivity index (χ4v) is 2.49. The number of rotatable bonds is 4. The number of benzene rings is 1. The van der Waals surface area contributed by atoms with E-state index >= 15 is 0 Å². The quantitative estimate of drug-likeness (QED) is 0.889. The summed E-state index contributed by atoms with van der Waals surface area (Å²) in [5, 5.41) is 9.28. The molecular formula is C15H23NO2. The standard InChI is InChI=1S/C15H23NO2/c1-3-15-11-16(8-9-18-15)12(2)10-13-4-6-14(17)7-5-13/h4-7,12,15,17H,3,8-11H2,1-2H3. The smallest absolute Gasteiger partial charge is 0.115 e. The maximum Gasteiger partial charge on any atom is 0.115 e. The summed E-state index contributed by atoms with van der Waals surface area (Å²) in [6.45, 7) is 7.35. The van der Waals surface area contributed by atoms with Crippen molar-refractivity contribution in [3.05, 3.63) is 29.8 Å². The van der Waals surface area contributed by atoms with Gasteiger partial charge in [-0.3, -0.25) is 4.90 Å². The van der Waals surface area contributed by atoms with Gasteiger partial charge in [-0.15, -0.1) is 0 Å². The molecule has 2 rings (SSSR count). The molecule has 1 aromatic rings.